The summed E-state index contributed by atoms with van der Waals surface area (Å²) in [6.07, 6.45) is 1.24. The van der Waals surface area contributed by atoms with Crippen molar-refractivity contribution in [2.75, 3.05) is 16.8 Å². The Balaban J connectivity index is 2.61. The van der Waals surface area contributed by atoms with Crippen LogP contribution in [0.4, 0.5) is 0 Å². The summed E-state index contributed by atoms with van der Waals surface area (Å²) in [6.45, 7) is 2.21. The molecule has 0 spiro atoms. The van der Waals surface area contributed by atoms with Crippen molar-refractivity contribution in [2.45, 2.75) is 19.3 Å². The number of thioether (sulfide) groups is 1. The molecule has 1 rings (SSSR count). The molecule has 0 N–H and O–H groups in total. The van der Waals surface area contributed by atoms with E-state index < -0.39 is 0 Å². The lowest BCUT2D eigenvalue weighted by atomic mass is 9.99. The maximum Gasteiger partial charge on any atom is 0.0210 e. The van der Waals surface area contributed by atoms with Crippen molar-refractivity contribution in [1.29, 1.82) is 0 Å². The first kappa shape index (κ1) is 13.6. The summed E-state index contributed by atoms with van der Waals surface area (Å²) in [4.78, 5) is 0. The lowest BCUT2D eigenvalue weighted by Gasteiger charge is -2.15. The highest BCUT2D eigenvalue weighted by atomic mass is 79.9. The Bertz CT molecular complexity index is 289. The van der Waals surface area contributed by atoms with Crippen LogP contribution < -0.4 is 0 Å². The molecule has 0 saturated carbocycles. The van der Waals surface area contributed by atoms with Gasteiger partial charge in [0.1, 0.15) is 0 Å². The molecule has 0 aliphatic heterocycles. The van der Waals surface area contributed by atoms with Gasteiger partial charge in [0.25, 0.3) is 0 Å². The van der Waals surface area contributed by atoms with Gasteiger partial charge in [0, 0.05) is 9.80 Å². The number of halogens is 2. The highest BCUT2D eigenvalue weighted by molar-refractivity contribution is 9.10. The molecule has 0 heterocycles. The molecule has 0 aromatic heterocycles. The highest BCUT2D eigenvalue weighted by Gasteiger charge is 2.12. The van der Waals surface area contributed by atoms with E-state index in [1.807, 2.05) is 11.8 Å². The Morgan fingerprint density at radius 1 is 1.33 bits per heavy atom. The quantitative estimate of drug-likeness (QED) is 0.509. The van der Waals surface area contributed by atoms with Crippen molar-refractivity contribution in [2.24, 2.45) is 0 Å². The van der Waals surface area contributed by atoms with Crippen LogP contribution >= 0.6 is 43.6 Å². The zero-order valence-electron chi connectivity index (χ0n) is 8.88. The van der Waals surface area contributed by atoms with Crippen molar-refractivity contribution in [1.82, 2.24) is 0 Å². The molecule has 84 valence electrons. The van der Waals surface area contributed by atoms with Crippen LogP contribution in [-0.4, -0.2) is 16.8 Å². The predicted molar refractivity (Wildman–Crippen MR) is 78.3 cm³/mol. The fourth-order valence-electron chi connectivity index (χ4n) is 1.49. The van der Waals surface area contributed by atoms with Crippen molar-refractivity contribution in [3.8, 4) is 0 Å². The van der Waals surface area contributed by atoms with Crippen molar-refractivity contribution < 1.29 is 0 Å². The SMILES string of the molecule is CCSCCC(CBr)c1ccccc1Br. The minimum absolute atomic E-state index is 0.625. The van der Waals surface area contributed by atoms with Crippen LogP contribution in [0.15, 0.2) is 28.7 Å². The topological polar surface area (TPSA) is 0 Å². The molecule has 1 aromatic carbocycles. The van der Waals surface area contributed by atoms with Gasteiger partial charge in [-0.3, -0.25) is 0 Å². The van der Waals surface area contributed by atoms with E-state index in [0.717, 1.165) is 5.33 Å². The summed E-state index contributed by atoms with van der Waals surface area (Å²) in [5.41, 5.74) is 1.42. The molecular weight excluding hydrogens is 336 g/mol. The summed E-state index contributed by atoms with van der Waals surface area (Å²) >= 11 is 9.24. The molecule has 1 atom stereocenters. The van der Waals surface area contributed by atoms with Gasteiger partial charge >= 0.3 is 0 Å². The lowest BCUT2D eigenvalue weighted by Crippen LogP contribution is -2.02. The molecule has 1 aromatic rings. The smallest absolute Gasteiger partial charge is 0.0210 e. The first-order valence-electron chi connectivity index (χ1n) is 5.17. The Hall–Kier alpha value is 0.530. The predicted octanol–water partition coefficient (Wildman–Crippen LogP) is 5.07. The normalized spacial score (nSPS) is 12.7. The van der Waals surface area contributed by atoms with E-state index in [1.165, 1.54) is 28.0 Å². The summed E-state index contributed by atoms with van der Waals surface area (Å²) in [7, 11) is 0. The van der Waals surface area contributed by atoms with Crippen LogP contribution in [0, 0.1) is 0 Å². The summed E-state index contributed by atoms with van der Waals surface area (Å²) in [5, 5.41) is 1.04. The molecule has 0 radical (unpaired) electrons. The summed E-state index contributed by atoms with van der Waals surface area (Å²) in [5.74, 6) is 3.08. The summed E-state index contributed by atoms with van der Waals surface area (Å²) in [6, 6.07) is 8.52. The number of alkyl halides is 1. The molecule has 1 unspecified atom stereocenters. The average molecular weight is 352 g/mol. The minimum atomic E-state index is 0.625. The van der Waals surface area contributed by atoms with Gasteiger partial charge in [-0.25, -0.2) is 0 Å². The average Bonchev–Trinajstić information content (AvgIpc) is 2.26. The molecule has 0 bridgehead atoms. The minimum Gasteiger partial charge on any atom is -0.162 e. The van der Waals surface area contributed by atoms with Gasteiger partial charge in [0.05, 0.1) is 0 Å². The van der Waals surface area contributed by atoms with Crippen molar-refractivity contribution in [3.63, 3.8) is 0 Å². The number of hydrogen-bond acceptors (Lipinski definition) is 1. The van der Waals surface area contributed by atoms with Crippen LogP contribution in [0.3, 0.4) is 0 Å². The third-order valence-electron chi connectivity index (χ3n) is 2.35. The van der Waals surface area contributed by atoms with E-state index in [-0.39, 0.29) is 0 Å². The van der Waals surface area contributed by atoms with Gasteiger partial charge in [-0.15, -0.1) is 0 Å². The maximum absolute atomic E-state index is 3.62. The molecule has 0 amide bonds. The van der Waals surface area contributed by atoms with E-state index in [1.54, 1.807) is 0 Å². The largest absolute Gasteiger partial charge is 0.162 e. The van der Waals surface area contributed by atoms with Crippen LogP contribution in [0.25, 0.3) is 0 Å². The van der Waals surface area contributed by atoms with Gasteiger partial charge in [0.15, 0.2) is 0 Å². The van der Waals surface area contributed by atoms with Gasteiger partial charge in [-0.2, -0.15) is 11.8 Å². The van der Waals surface area contributed by atoms with Crippen molar-refractivity contribution in [3.05, 3.63) is 34.3 Å². The second kappa shape index (κ2) is 7.75. The monoisotopic (exact) mass is 350 g/mol. The van der Waals surface area contributed by atoms with Crippen LogP contribution in [0.1, 0.15) is 24.8 Å². The molecule has 0 saturated heterocycles. The van der Waals surface area contributed by atoms with Gasteiger partial charge in [0.2, 0.25) is 0 Å². The van der Waals surface area contributed by atoms with Gasteiger partial charge < -0.3 is 0 Å². The lowest BCUT2D eigenvalue weighted by molar-refractivity contribution is 0.753. The fourth-order valence-corrected chi connectivity index (χ4v) is 3.51. The zero-order chi connectivity index (χ0) is 11.1. The van der Waals surface area contributed by atoms with Crippen LogP contribution in [-0.2, 0) is 0 Å². The number of benzene rings is 1. The van der Waals surface area contributed by atoms with Gasteiger partial charge in [-0.05, 0) is 35.5 Å². The number of hydrogen-bond donors (Lipinski definition) is 0. The molecule has 15 heavy (non-hydrogen) atoms. The molecule has 0 nitrogen and oxygen atoms in total. The third-order valence-corrected chi connectivity index (χ3v) is 4.78. The zero-order valence-corrected chi connectivity index (χ0v) is 12.9. The van der Waals surface area contributed by atoms with Crippen LogP contribution in [0.5, 0.6) is 0 Å². The first-order chi connectivity index (χ1) is 7.29. The Labute approximate surface area is 113 Å². The van der Waals surface area contributed by atoms with Crippen LogP contribution in [0.2, 0.25) is 0 Å². The van der Waals surface area contributed by atoms with Gasteiger partial charge in [-0.1, -0.05) is 57.0 Å². The second-order valence-electron chi connectivity index (χ2n) is 3.36. The second-order valence-corrected chi connectivity index (χ2v) is 6.25. The molecule has 0 fully saturated rings. The maximum atomic E-state index is 3.62. The molecule has 3 heteroatoms. The number of rotatable bonds is 6. The van der Waals surface area contributed by atoms with E-state index in [2.05, 4.69) is 63.0 Å². The Kier molecular flexibility index (Phi) is 7.02. The Morgan fingerprint density at radius 3 is 2.67 bits per heavy atom. The third kappa shape index (κ3) is 4.49. The molecule has 0 aliphatic carbocycles. The molecule has 0 aliphatic rings. The van der Waals surface area contributed by atoms with Crippen molar-refractivity contribution >= 4 is 43.6 Å². The Morgan fingerprint density at radius 2 is 2.07 bits per heavy atom. The van der Waals surface area contributed by atoms with E-state index in [4.69, 9.17) is 0 Å². The highest BCUT2D eigenvalue weighted by Crippen LogP contribution is 2.29. The fraction of sp³-hybridized carbons (Fsp3) is 0.500. The first-order valence-corrected chi connectivity index (χ1v) is 8.24. The van der Waals surface area contributed by atoms with E-state index >= 15 is 0 Å². The van der Waals surface area contributed by atoms with E-state index in [0.29, 0.717) is 5.92 Å². The molecular formula is C12H16Br2S. The standard InChI is InChI=1S/C12H16Br2S/c1-2-15-8-7-10(9-13)11-5-3-4-6-12(11)14/h3-6,10H,2,7-9H2,1H3. The van der Waals surface area contributed by atoms with E-state index in [9.17, 15) is 0 Å². The summed E-state index contributed by atoms with van der Waals surface area (Å²) < 4.78 is 1.23.